The normalized spacial score (nSPS) is 15.9. The molecule has 0 radical (unpaired) electrons. The molecule has 3 rings (SSSR count). The summed E-state index contributed by atoms with van der Waals surface area (Å²) in [6.07, 6.45) is 3.46. The van der Waals surface area contributed by atoms with Crippen LogP contribution in [0.5, 0.6) is 0 Å². The number of hydrogen-bond donors (Lipinski definition) is 2. The molecule has 0 atom stereocenters. The minimum absolute atomic E-state index is 0.0972. The maximum Gasteiger partial charge on any atom is 0.238 e. The maximum atomic E-state index is 11.4. The van der Waals surface area contributed by atoms with Crippen molar-refractivity contribution in [2.45, 2.75) is 18.4 Å². The number of benzene rings is 1. The molecule has 10 heteroatoms. The van der Waals surface area contributed by atoms with E-state index in [1.165, 1.54) is 6.07 Å². The molecule has 0 bridgehead atoms. The number of rotatable bonds is 4. The first kappa shape index (κ1) is 19.1. The zero-order valence-corrected chi connectivity index (χ0v) is 15.9. The highest BCUT2D eigenvalue weighted by molar-refractivity contribution is 7.89. The fourth-order valence-electron chi connectivity index (χ4n) is 2.88. The van der Waals surface area contributed by atoms with E-state index in [9.17, 15) is 8.42 Å². The van der Waals surface area contributed by atoms with Crippen molar-refractivity contribution in [3.05, 3.63) is 47.8 Å². The molecule has 27 heavy (non-hydrogen) atoms. The van der Waals surface area contributed by atoms with Gasteiger partial charge in [-0.05, 0) is 36.2 Å². The maximum absolute atomic E-state index is 11.4. The van der Waals surface area contributed by atoms with Crippen LogP contribution in [0.1, 0.15) is 11.1 Å². The quantitative estimate of drug-likeness (QED) is 0.559. The number of hydrogen-bond acceptors (Lipinski definition) is 6. The minimum Gasteiger partial charge on any atom is -0.370 e. The lowest BCUT2D eigenvalue weighted by molar-refractivity contribution is 0.378. The fraction of sp³-hybridized carbons (Fsp3) is 0.353. The van der Waals surface area contributed by atoms with Crippen LogP contribution in [0.2, 0.25) is 0 Å². The molecule has 2 heterocycles. The first-order chi connectivity index (χ1) is 12.8. The Kier molecular flexibility index (Phi) is 5.57. The summed E-state index contributed by atoms with van der Waals surface area (Å²) in [7, 11) is -3.70. The van der Waals surface area contributed by atoms with Crippen LogP contribution in [0, 0.1) is 6.92 Å². The predicted molar refractivity (Wildman–Crippen MR) is 104 cm³/mol. The third-order valence-corrected chi connectivity index (χ3v) is 5.40. The van der Waals surface area contributed by atoms with Gasteiger partial charge in [0.1, 0.15) is 0 Å². The number of primary sulfonamides is 1. The third kappa shape index (κ3) is 4.72. The molecule has 0 spiro atoms. The Labute approximate surface area is 158 Å². The molecule has 1 fully saturated rings. The Morgan fingerprint density at radius 3 is 2.44 bits per heavy atom. The highest BCUT2D eigenvalue weighted by Crippen LogP contribution is 2.16. The van der Waals surface area contributed by atoms with Crippen LogP contribution >= 0.6 is 0 Å². The van der Waals surface area contributed by atoms with Gasteiger partial charge in [0.05, 0.1) is 11.4 Å². The lowest BCUT2D eigenvalue weighted by atomic mass is 10.1. The molecule has 1 aromatic heterocycles. The van der Waals surface area contributed by atoms with Gasteiger partial charge in [-0.2, -0.15) is 0 Å². The molecule has 0 saturated carbocycles. The monoisotopic (exact) mass is 389 g/mol. The van der Waals surface area contributed by atoms with Gasteiger partial charge in [-0.3, -0.25) is 0 Å². The number of nitrogens with two attached hydrogens (primary N) is 2. The number of aliphatic imine (C=N–C) groups is 1. The summed E-state index contributed by atoms with van der Waals surface area (Å²) in [5, 5.41) is 5.15. The van der Waals surface area contributed by atoms with Crippen LogP contribution in [0.3, 0.4) is 0 Å². The van der Waals surface area contributed by atoms with Crippen molar-refractivity contribution in [2.75, 3.05) is 31.1 Å². The van der Waals surface area contributed by atoms with Crippen molar-refractivity contribution in [3.63, 3.8) is 0 Å². The second-order valence-corrected chi connectivity index (χ2v) is 7.89. The molecule has 0 unspecified atom stereocenters. The molecule has 0 aliphatic carbocycles. The molecule has 1 aliphatic heterocycles. The summed E-state index contributed by atoms with van der Waals surface area (Å²) in [5.74, 6) is 1.19. The van der Waals surface area contributed by atoms with Crippen molar-refractivity contribution in [1.29, 1.82) is 0 Å². The van der Waals surface area contributed by atoms with Gasteiger partial charge in [-0.25, -0.2) is 28.5 Å². The van der Waals surface area contributed by atoms with Crippen LogP contribution in [-0.2, 0) is 16.6 Å². The highest BCUT2D eigenvalue weighted by Gasteiger charge is 2.20. The van der Waals surface area contributed by atoms with E-state index in [1.807, 2.05) is 11.8 Å². The molecule has 1 aromatic carbocycles. The predicted octanol–water partition coefficient (Wildman–Crippen LogP) is 0.0693. The minimum atomic E-state index is -3.70. The van der Waals surface area contributed by atoms with E-state index in [4.69, 9.17) is 10.9 Å². The van der Waals surface area contributed by atoms with Crippen molar-refractivity contribution in [3.8, 4) is 0 Å². The summed E-state index contributed by atoms with van der Waals surface area (Å²) < 4.78 is 22.8. The largest absolute Gasteiger partial charge is 0.370 e. The van der Waals surface area contributed by atoms with Gasteiger partial charge in [0.25, 0.3) is 0 Å². The molecule has 4 N–H and O–H groups in total. The Morgan fingerprint density at radius 2 is 1.85 bits per heavy atom. The van der Waals surface area contributed by atoms with Crippen molar-refractivity contribution in [1.82, 2.24) is 14.9 Å². The molecule has 1 aliphatic rings. The van der Waals surface area contributed by atoms with Gasteiger partial charge in [-0.1, -0.05) is 6.07 Å². The number of aryl methyl sites for hydroxylation is 1. The topological polar surface area (TPSA) is 131 Å². The lowest BCUT2D eigenvalue weighted by Crippen LogP contribution is -2.51. The van der Waals surface area contributed by atoms with E-state index < -0.39 is 10.0 Å². The van der Waals surface area contributed by atoms with Crippen LogP contribution in [-0.4, -0.2) is 55.4 Å². The van der Waals surface area contributed by atoms with Crippen LogP contribution < -0.4 is 15.8 Å². The van der Waals surface area contributed by atoms with Crippen molar-refractivity contribution in [2.24, 2.45) is 15.9 Å². The summed E-state index contributed by atoms with van der Waals surface area (Å²) in [4.78, 5) is 17.2. The average Bonchev–Trinajstić information content (AvgIpc) is 2.67. The van der Waals surface area contributed by atoms with Gasteiger partial charge in [0.2, 0.25) is 16.0 Å². The van der Waals surface area contributed by atoms with Gasteiger partial charge >= 0.3 is 0 Å². The highest BCUT2D eigenvalue weighted by atomic mass is 32.2. The van der Waals surface area contributed by atoms with Gasteiger partial charge in [-0.15, -0.1) is 0 Å². The van der Waals surface area contributed by atoms with Crippen LogP contribution in [0.4, 0.5) is 5.95 Å². The van der Waals surface area contributed by atoms with E-state index in [-0.39, 0.29) is 4.90 Å². The molecular weight excluding hydrogens is 366 g/mol. The van der Waals surface area contributed by atoms with Crippen LogP contribution in [0.25, 0.3) is 0 Å². The zero-order chi connectivity index (χ0) is 19.4. The summed E-state index contributed by atoms with van der Waals surface area (Å²) in [6.45, 7) is 5.21. The number of guanidine groups is 1. The summed E-state index contributed by atoms with van der Waals surface area (Å²) in [5.41, 5.74) is 7.85. The Morgan fingerprint density at radius 1 is 1.19 bits per heavy atom. The van der Waals surface area contributed by atoms with Crippen molar-refractivity contribution >= 4 is 21.9 Å². The number of sulfonamides is 1. The van der Waals surface area contributed by atoms with Gasteiger partial charge < -0.3 is 15.5 Å². The number of aromatic nitrogens is 2. The molecule has 0 amide bonds. The fourth-order valence-corrected chi connectivity index (χ4v) is 3.48. The number of nitrogens with zero attached hydrogens (tertiary/aromatic N) is 5. The van der Waals surface area contributed by atoms with Gasteiger partial charge in [0, 0.05) is 38.6 Å². The first-order valence-corrected chi connectivity index (χ1v) is 10.1. The van der Waals surface area contributed by atoms with Crippen LogP contribution in [0.15, 0.2) is 46.5 Å². The first-order valence-electron chi connectivity index (χ1n) is 8.54. The zero-order valence-electron chi connectivity index (χ0n) is 15.1. The summed E-state index contributed by atoms with van der Waals surface area (Å²) in [6, 6.07) is 6.55. The second-order valence-electron chi connectivity index (χ2n) is 6.33. The average molecular weight is 389 g/mol. The smallest absolute Gasteiger partial charge is 0.238 e. The van der Waals surface area contributed by atoms with E-state index in [0.717, 1.165) is 43.3 Å². The Bertz CT molecular complexity index is 924. The van der Waals surface area contributed by atoms with Gasteiger partial charge in [0.15, 0.2) is 5.96 Å². The molecule has 2 aromatic rings. The molecular formula is C17H23N7O2S. The Balaban J connectivity index is 1.60. The third-order valence-electron chi connectivity index (χ3n) is 4.49. The van der Waals surface area contributed by atoms with E-state index >= 15 is 0 Å². The Hall–Kier alpha value is -2.72. The standard InChI is InChI=1S/C17H23N7O2S/c1-13-11-15(27(19,25)26)4-3-14(13)12-22-16(18)23-7-9-24(10-8-23)17-20-5-2-6-21-17/h2-6,11H,7-10,12H2,1H3,(H2,18,22)(H2,19,25,26). The van der Waals surface area contributed by atoms with Crippen molar-refractivity contribution < 1.29 is 8.42 Å². The molecule has 9 nitrogen and oxygen atoms in total. The van der Waals surface area contributed by atoms with E-state index in [0.29, 0.717) is 12.5 Å². The number of piperazine rings is 1. The SMILES string of the molecule is Cc1cc(S(N)(=O)=O)ccc1CN=C(N)N1CCN(c2ncccn2)CC1. The second kappa shape index (κ2) is 7.89. The molecule has 144 valence electrons. The lowest BCUT2D eigenvalue weighted by Gasteiger charge is -2.35. The van der Waals surface area contributed by atoms with E-state index in [2.05, 4.69) is 19.9 Å². The molecule has 1 saturated heterocycles. The summed E-state index contributed by atoms with van der Waals surface area (Å²) >= 11 is 0. The van der Waals surface area contributed by atoms with E-state index in [1.54, 1.807) is 30.6 Å². The number of anilines is 1.